The maximum Gasteiger partial charge on any atom is 0.294 e. The van der Waals surface area contributed by atoms with Crippen LogP contribution >= 0.6 is 23.4 Å². The van der Waals surface area contributed by atoms with Gasteiger partial charge in [0.05, 0.1) is 22.2 Å². The van der Waals surface area contributed by atoms with Crippen LogP contribution in [0.2, 0.25) is 5.02 Å². The van der Waals surface area contributed by atoms with Gasteiger partial charge in [0.15, 0.2) is 11.5 Å². The van der Waals surface area contributed by atoms with Crippen LogP contribution in [0.4, 0.5) is 14.9 Å². The van der Waals surface area contributed by atoms with Crippen LogP contribution in [0.5, 0.6) is 11.5 Å². The molecule has 30 heavy (non-hydrogen) atoms. The van der Waals surface area contributed by atoms with Gasteiger partial charge in [0.2, 0.25) is 5.91 Å². The maximum atomic E-state index is 13.7. The lowest BCUT2D eigenvalue weighted by Gasteiger charge is -2.12. The SMILES string of the molecule is CCOc1cc(/C=C2\SC(=O)N(CC(=O)Nc3ccccc3F)C2=O)cc(Cl)c1O. The number of carbonyl (C=O) groups is 3. The van der Waals surface area contributed by atoms with Crippen molar-refractivity contribution < 1.29 is 28.6 Å². The van der Waals surface area contributed by atoms with Gasteiger partial charge in [-0.3, -0.25) is 19.3 Å². The molecule has 0 unspecified atom stereocenters. The lowest BCUT2D eigenvalue weighted by Crippen LogP contribution is -2.36. The first-order valence-corrected chi connectivity index (χ1v) is 9.94. The molecule has 1 saturated heterocycles. The Kier molecular flexibility index (Phi) is 6.63. The number of hydrogen-bond donors (Lipinski definition) is 2. The Balaban J connectivity index is 1.76. The van der Waals surface area contributed by atoms with Crippen LogP contribution in [0.1, 0.15) is 12.5 Å². The normalized spacial score (nSPS) is 15.0. The molecule has 1 aliphatic heterocycles. The molecule has 156 valence electrons. The van der Waals surface area contributed by atoms with Crippen molar-refractivity contribution >= 4 is 52.2 Å². The Morgan fingerprint density at radius 1 is 1.33 bits per heavy atom. The number of carbonyl (C=O) groups excluding carboxylic acids is 3. The molecule has 2 aromatic carbocycles. The molecule has 7 nitrogen and oxygen atoms in total. The highest BCUT2D eigenvalue weighted by Crippen LogP contribution is 2.38. The quantitative estimate of drug-likeness (QED) is 0.638. The van der Waals surface area contributed by atoms with Gasteiger partial charge in [-0.25, -0.2) is 4.39 Å². The standard InChI is InChI=1S/C20H16ClFN2O5S/c1-2-29-15-8-11(7-12(21)18(15)26)9-16-19(27)24(20(28)30-16)10-17(25)23-14-6-4-3-5-13(14)22/h3-9,26H,2,10H2,1H3,(H,23,25)/b16-9-. The summed E-state index contributed by atoms with van der Waals surface area (Å²) in [6.45, 7) is 1.47. The van der Waals surface area contributed by atoms with E-state index in [0.29, 0.717) is 23.9 Å². The summed E-state index contributed by atoms with van der Waals surface area (Å²) < 4.78 is 18.9. The first-order chi connectivity index (χ1) is 14.3. The van der Waals surface area contributed by atoms with Crippen LogP contribution in [-0.4, -0.2) is 40.2 Å². The zero-order valence-electron chi connectivity index (χ0n) is 15.6. The lowest BCUT2D eigenvalue weighted by molar-refractivity contribution is -0.127. The third-order valence-corrected chi connectivity index (χ3v) is 5.17. The van der Waals surface area contributed by atoms with Gasteiger partial charge in [-0.15, -0.1) is 0 Å². The second-order valence-electron chi connectivity index (χ2n) is 6.08. The summed E-state index contributed by atoms with van der Waals surface area (Å²) in [5, 5.41) is 11.6. The number of benzene rings is 2. The highest BCUT2D eigenvalue weighted by Gasteiger charge is 2.36. The molecule has 0 bridgehead atoms. The van der Waals surface area contributed by atoms with E-state index in [9.17, 15) is 23.9 Å². The molecule has 2 aromatic rings. The largest absolute Gasteiger partial charge is 0.503 e. The lowest BCUT2D eigenvalue weighted by atomic mass is 10.2. The number of phenols is 1. The van der Waals surface area contributed by atoms with E-state index in [1.807, 2.05) is 0 Å². The Labute approximate surface area is 180 Å². The number of halogens is 2. The van der Waals surface area contributed by atoms with Crippen LogP contribution in [0.15, 0.2) is 41.3 Å². The number of aromatic hydroxyl groups is 1. The molecule has 10 heteroatoms. The van der Waals surface area contributed by atoms with Crippen LogP contribution < -0.4 is 10.1 Å². The molecule has 1 fully saturated rings. The van der Waals surface area contributed by atoms with E-state index in [2.05, 4.69) is 5.32 Å². The monoisotopic (exact) mass is 450 g/mol. The number of nitrogens with zero attached hydrogens (tertiary/aromatic N) is 1. The maximum absolute atomic E-state index is 13.7. The third-order valence-electron chi connectivity index (χ3n) is 3.97. The molecular formula is C20H16ClFN2O5S. The molecule has 0 aliphatic carbocycles. The molecule has 0 aromatic heterocycles. The van der Waals surface area contributed by atoms with Gasteiger partial charge in [0.25, 0.3) is 11.1 Å². The number of para-hydroxylation sites is 1. The Bertz CT molecular complexity index is 1060. The van der Waals surface area contributed by atoms with Crippen molar-refractivity contribution in [1.82, 2.24) is 4.90 Å². The fourth-order valence-corrected chi connectivity index (χ4v) is 3.68. The summed E-state index contributed by atoms with van der Waals surface area (Å²) >= 11 is 6.64. The van der Waals surface area contributed by atoms with Crippen molar-refractivity contribution in [2.75, 3.05) is 18.5 Å². The predicted molar refractivity (Wildman–Crippen MR) is 112 cm³/mol. The van der Waals surface area contributed by atoms with Gasteiger partial charge in [-0.1, -0.05) is 23.7 Å². The first kappa shape index (κ1) is 21.7. The molecule has 3 amide bonds. The summed E-state index contributed by atoms with van der Waals surface area (Å²) in [6, 6.07) is 8.45. The smallest absolute Gasteiger partial charge is 0.294 e. The average molecular weight is 451 g/mol. The second kappa shape index (κ2) is 9.19. The minimum atomic E-state index is -0.713. The van der Waals surface area contributed by atoms with E-state index in [4.69, 9.17) is 16.3 Å². The van der Waals surface area contributed by atoms with E-state index in [1.54, 1.807) is 13.0 Å². The molecule has 1 heterocycles. The van der Waals surface area contributed by atoms with Crippen LogP contribution in [0, 0.1) is 5.82 Å². The van der Waals surface area contributed by atoms with E-state index in [0.717, 1.165) is 4.90 Å². The van der Waals surface area contributed by atoms with E-state index >= 15 is 0 Å². The van der Waals surface area contributed by atoms with Crippen molar-refractivity contribution in [2.24, 2.45) is 0 Å². The average Bonchev–Trinajstić information content (AvgIpc) is 2.95. The van der Waals surface area contributed by atoms with Crippen molar-refractivity contribution in [3.8, 4) is 11.5 Å². The number of phenolic OH excluding ortho intramolecular Hbond substituents is 1. The molecule has 0 radical (unpaired) electrons. The van der Waals surface area contributed by atoms with Gasteiger partial charge in [-0.05, 0) is 54.6 Å². The molecular weight excluding hydrogens is 435 g/mol. The highest BCUT2D eigenvalue weighted by molar-refractivity contribution is 8.18. The summed E-state index contributed by atoms with van der Waals surface area (Å²) in [4.78, 5) is 37.8. The Morgan fingerprint density at radius 3 is 2.77 bits per heavy atom. The van der Waals surface area contributed by atoms with Crippen molar-refractivity contribution in [1.29, 1.82) is 0 Å². The fourth-order valence-electron chi connectivity index (χ4n) is 2.63. The van der Waals surface area contributed by atoms with Crippen molar-refractivity contribution in [2.45, 2.75) is 6.92 Å². The molecule has 0 atom stereocenters. The van der Waals surface area contributed by atoms with Crippen molar-refractivity contribution in [3.05, 3.63) is 57.7 Å². The van der Waals surface area contributed by atoms with Gasteiger partial charge in [0, 0.05) is 0 Å². The second-order valence-corrected chi connectivity index (χ2v) is 7.48. The third kappa shape index (κ3) is 4.74. The molecule has 0 saturated carbocycles. The van der Waals surface area contributed by atoms with E-state index < -0.39 is 29.4 Å². The summed E-state index contributed by atoms with van der Waals surface area (Å²) in [5.41, 5.74) is 0.384. The zero-order chi connectivity index (χ0) is 21.8. The summed E-state index contributed by atoms with van der Waals surface area (Å²) in [5.74, 6) is -2.10. The predicted octanol–water partition coefficient (Wildman–Crippen LogP) is 4.26. The molecule has 1 aliphatic rings. The minimum Gasteiger partial charge on any atom is -0.503 e. The van der Waals surface area contributed by atoms with E-state index in [1.165, 1.54) is 36.4 Å². The molecule has 2 N–H and O–H groups in total. The highest BCUT2D eigenvalue weighted by atomic mass is 35.5. The van der Waals surface area contributed by atoms with E-state index in [-0.39, 0.29) is 27.1 Å². The molecule has 0 spiro atoms. The van der Waals surface area contributed by atoms with Gasteiger partial charge in [0.1, 0.15) is 12.4 Å². The van der Waals surface area contributed by atoms with Crippen molar-refractivity contribution in [3.63, 3.8) is 0 Å². The first-order valence-electron chi connectivity index (χ1n) is 8.75. The minimum absolute atomic E-state index is 0.0238. The number of nitrogens with one attached hydrogen (secondary N) is 1. The van der Waals surface area contributed by atoms with Gasteiger partial charge < -0.3 is 15.2 Å². The van der Waals surface area contributed by atoms with Crippen LogP contribution in [-0.2, 0) is 9.59 Å². The van der Waals surface area contributed by atoms with Gasteiger partial charge in [-0.2, -0.15) is 0 Å². The van der Waals surface area contributed by atoms with Crippen LogP contribution in [0.25, 0.3) is 6.08 Å². The van der Waals surface area contributed by atoms with Gasteiger partial charge >= 0.3 is 0 Å². The Morgan fingerprint density at radius 2 is 2.07 bits per heavy atom. The molecule has 3 rings (SSSR count). The number of hydrogen-bond acceptors (Lipinski definition) is 6. The Hall–Kier alpha value is -3.04. The number of amides is 3. The number of imide groups is 1. The summed E-state index contributed by atoms with van der Waals surface area (Å²) in [7, 11) is 0. The topological polar surface area (TPSA) is 95.9 Å². The number of anilines is 1. The van der Waals surface area contributed by atoms with Crippen LogP contribution in [0.3, 0.4) is 0 Å². The number of thioether (sulfide) groups is 1. The zero-order valence-corrected chi connectivity index (χ0v) is 17.2. The number of ether oxygens (including phenoxy) is 1. The summed E-state index contributed by atoms with van der Waals surface area (Å²) in [6.07, 6.45) is 1.41. The number of rotatable bonds is 6. The fraction of sp³-hybridized carbons (Fsp3) is 0.150.